The highest BCUT2D eigenvalue weighted by atomic mass is 15.2. The van der Waals surface area contributed by atoms with Gasteiger partial charge in [-0.3, -0.25) is 4.98 Å². The molecule has 0 fully saturated rings. The third kappa shape index (κ3) is 3.85. The first-order valence-electron chi connectivity index (χ1n) is 7.52. The van der Waals surface area contributed by atoms with Crippen molar-refractivity contribution in [2.24, 2.45) is 5.92 Å². The number of pyridine rings is 1. The molecule has 2 aromatic rings. The zero-order chi connectivity index (χ0) is 15.4. The average Bonchev–Trinajstić information content (AvgIpc) is 2.43. The van der Waals surface area contributed by atoms with Crippen LogP contribution in [0.4, 0.5) is 11.4 Å². The Morgan fingerprint density at radius 2 is 1.90 bits per heavy atom. The lowest BCUT2D eigenvalue weighted by molar-refractivity contribution is 0.409. The summed E-state index contributed by atoms with van der Waals surface area (Å²) in [5.41, 5.74) is 8.92. The van der Waals surface area contributed by atoms with Crippen LogP contribution in [0.3, 0.4) is 0 Å². The standard InChI is InChI=1S/C17H26N4/c1-13(2)12-21(11-10-20(3)4)16-8-9-19-17-14(16)6-5-7-15(17)18/h5-9,13H,10-12,18H2,1-4H3. The molecule has 0 radical (unpaired) electrons. The van der Waals surface area contributed by atoms with E-state index in [1.54, 1.807) is 0 Å². The van der Waals surface area contributed by atoms with E-state index in [0.29, 0.717) is 5.92 Å². The highest BCUT2D eigenvalue weighted by Gasteiger charge is 2.13. The SMILES string of the molecule is CC(C)CN(CCN(C)C)c1ccnc2c(N)cccc12. The van der Waals surface area contributed by atoms with E-state index in [4.69, 9.17) is 5.73 Å². The maximum atomic E-state index is 6.06. The Morgan fingerprint density at radius 1 is 1.14 bits per heavy atom. The second-order valence-electron chi connectivity index (χ2n) is 6.22. The lowest BCUT2D eigenvalue weighted by atomic mass is 10.1. The molecule has 4 nitrogen and oxygen atoms in total. The van der Waals surface area contributed by atoms with Crippen molar-refractivity contribution in [1.82, 2.24) is 9.88 Å². The van der Waals surface area contributed by atoms with Crippen LogP contribution in [0.25, 0.3) is 10.9 Å². The summed E-state index contributed by atoms with van der Waals surface area (Å²) in [7, 11) is 4.21. The number of aromatic nitrogens is 1. The molecule has 1 aromatic heterocycles. The predicted octanol–water partition coefficient (Wildman–Crippen LogP) is 2.84. The molecule has 0 saturated carbocycles. The van der Waals surface area contributed by atoms with Gasteiger partial charge in [0.2, 0.25) is 0 Å². The van der Waals surface area contributed by atoms with Gasteiger partial charge in [0.15, 0.2) is 0 Å². The van der Waals surface area contributed by atoms with Crippen molar-refractivity contribution >= 4 is 22.3 Å². The van der Waals surface area contributed by atoms with E-state index in [1.165, 1.54) is 5.69 Å². The molecule has 0 bridgehead atoms. The molecular formula is C17H26N4. The molecule has 0 spiro atoms. The van der Waals surface area contributed by atoms with E-state index in [0.717, 1.165) is 36.2 Å². The van der Waals surface area contributed by atoms with Gasteiger partial charge in [-0.2, -0.15) is 0 Å². The zero-order valence-corrected chi connectivity index (χ0v) is 13.5. The maximum Gasteiger partial charge on any atom is 0.0951 e. The van der Waals surface area contributed by atoms with Crippen molar-refractivity contribution in [2.45, 2.75) is 13.8 Å². The molecule has 0 saturated heterocycles. The van der Waals surface area contributed by atoms with E-state index in [1.807, 2.05) is 18.3 Å². The molecule has 114 valence electrons. The van der Waals surface area contributed by atoms with Crippen molar-refractivity contribution < 1.29 is 0 Å². The molecule has 1 aromatic carbocycles. The van der Waals surface area contributed by atoms with E-state index in [2.05, 4.69) is 54.9 Å². The molecule has 0 unspecified atom stereocenters. The van der Waals surface area contributed by atoms with Crippen LogP contribution in [0.15, 0.2) is 30.5 Å². The number of fused-ring (bicyclic) bond motifs is 1. The van der Waals surface area contributed by atoms with Crippen molar-refractivity contribution in [2.75, 3.05) is 44.4 Å². The Labute approximate surface area is 127 Å². The molecule has 0 aliphatic heterocycles. The summed E-state index contributed by atoms with van der Waals surface area (Å²) < 4.78 is 0. The van der Waals surface area contributed by atoms with Gasteiger partial charge < -0.3 is 15.5 Å². The van der Waals surface area contributed by atoms with Gasteiger partial charge in [0, 0.05) is 36.9 Å². The van der Waals surface area contributed by atoms with E-state index in [-0.39, 0.29) is 0 Å². The highest BCUT2D eigenvalue weighted by molar-refractivity contribution is 5.98. The number of nitrogen functional groups attached to an aromatic ring is 1. The van der Waals surface area contributed by atoms with Crippen LogP contribution in [0, 0.1) is 5.92 Å². The predicted molar refractivity (Wildman–Crippen MR) is 91.8 cm³/mol. The number of nitrogens with zero attached hydrogens (tertiary/aromatic N) is 3. The second-order valence-corrected chi connectivity index (χ2v) is 6.22. The molecule has 0 amide bonds. The van der Waals surface area contributed by atoms with Gasteiger partial charge >= 0.3 is 0 Å². The Hall–Kier alpha value is -1.81. The average molecular weight is 286 g/mol. The van der Waals surface area contributed by atoms with Crippen LogP contribution in [0.2, 0.25) is 0 Å². The minimum absolute atomic E-state index is 0.608. The van der Waals surface area contributed by atoms with E-state index in [9.17, 15) is 0 Å². The van der Waals surface area contributed by atoms with Crippen LogP contribution in [-0.4, -0.2) is 43.6 Å². The van der Waals surface area contributed by atoms with Crippen molar-refractivity contribution in [1.29, 1.82) is 0 Å². The Balaban J connectivity index is 2.41. The van der Waals surface area contributed by atoms with Gasteiger partial charge in [0.1, 0.15) is 0 Å². The summed E-state index contributed by atoms with van der Waals surface area (Å²) in [4.78, 5) is 9.09. The summed E-state index contributed by atoms with van der Waals surface area (Å²) in [6.07, 6.45) is 1.86. The van der Waals surface area contributed by atoms with Gasteiger partial charge in [0.05, 0.1) is 11.2 Å². The van der Waals surface area contributed by atoms with E-state index < -0.39 is 0 Å². The smallest absolute Gasteiger partial charge is 0.0951 e. The number of likely N-dealkylation sites (N-methyl/N-ethyl adjacent to an activating group) is 1. The normalized spacial score (nSPS) is 11.5. The highest BCUT2D eigenvalue weighted by Crippen LogP contribution is 2.28. The summed E-state index contributed by atoms with van der Waals surface area (Å²) in [6.45, 7) is 7.56. The third-order valence-corrected chi connectivity index (χ3v) is 3.52. The first kappa shape index (κ1) is 15.6. The molecule has 4 heteroatoms. The fourth-order valence-corrected chi connectivity index (χ4v) is 2.53. The van der Waals surface area contributed by atoms with Crippen LogP contribution in [0.5, 0.6) is 0 Å². The Bertz CT molecular complexity index is 592. The second kappa shape index (κ2) is 6.76. The van der Waals surface area contributed by atoms with Crippen LogP contribution in [-0.2, 0) is 0 Å². The lowest BCUT2D eigenvalue weighted by Gasteiger charge is -2.29. The summed E-state index contributed by atoms with van der Waals surface area (Å²) >= 11 is 0. The molecule has 1 heterocycles. The summed E-state index contributed by atoms with van der Waals surface area (Å²) in [5.74, 6) is 0.608. The van der Waals surface area contributed by atoms with Gasteiger partial charge in [-0.15, -0.1) is 0 Å². The van der Waals surface area contributed by atoms with Gasteiger partial charge in [-0.25, -0.2) is 0 Å². The number of nitrogens with two attached hydrogens (primary N) is 1. The Morgan fingerprint density at radius 3 is 2.57 bits per heavy atom. The fraction of sp³-hybridized carbons (Fsp3) is 0.471. The van der Waals surface area contributed by atoms with Gasteiger partial charge in [0.25, 0.3) is 0 Å². The molecular weight excluding hydrogens is 260 g/mol. The molecule has 2 N–H and O–H groups in total. The number of anilines is 2. The first-order valence-corrected chi connectivity index (χ1v) is 7.52. The molecule has 0 aliphatic rings. The first-order chi connectivity index (χ1) is 9.99. The zero-order valence-electron chi connectivity index (χ0n) is 13.5. The van der Waals surface area contributed by atoms with E-state index >= 15 is 0 Å². The number of benzene rings is 1. The van der Waals surface area contributed by atoms with Gasteiger partial charge in [-0.1, -0.05) is 26.0 Å². The molecule has 21 heavy (non-hydrogen) atoms. The summed E-state index contributed by atoms with van der Waals surface area (Å²) in [5, 5.41) is 1.14. The van der Waals surface area contributed by atoms with Crippen LogP contribution >= 0.6 is 0 Å². The quantitative estimate of drug-likeness (QED) is 0.829. The number of rotatable bonds is 6. The van der Waals surface area contributed by atoms with Crippen LogP contribution < -0.4 is 10.6 Å². The number of hydrogen-bond acceptors (Lipinski definition) is 4. The van der Waals surface area contributed by atoms with Crippen LogP contribution in [0.1, 0.15) is 13.8 Å². The van der Waals surface area contributed by atoms with Gasteiger partial charge in [-0.05, 0) is 32.1 Å². The molecule has 0 atom stereocenters. The monoisotopic (exact) mass is 286 g/mol. The van der Waals surface area contributed by atoms with Crippen molar-refractivity contribution in [3.63, 3.8) is 0 Å². The number of hydrogen-bond donors (Lipinski definition) is 1. The van der Waals surface area contributed by atoms with Crippen molar-refractivity contribution in [3.05, 3.63) is 30.5 Å². The van der Waals surface area contributed by atoms with Crippen molar-refractivity contribution in [3.8, 4) is 0 Å². The molecule has 0 aliphatic carbocycles. The molecule has 2 rings (SSSR count). The largest absolute Gasteiger partial charge is 0.397 e. The Kier molecular flexibility index (Phi) is 5.02. The maximum absolute atomic E-state index is 6.06. The lowest BCUT2D eigenvalue weighted by Crippen LogP contribution is -2.34. The summed E-state index contributed by atoms with van der Waals surface area (Å²) in [6, 6.07) is 8.12. The minimum atomic E-state index is 0.608. The topological polar surface area (TPSA) is 45.4 Å². The number of para-hydroxylation sites is 1. The third-order valence-electron chi connectivity index (χ3n) is 3.52. The fourth-order valence-electron chi connectivity index (χ4n) is 2.53. The minimum Gasteiger partial charge on any atom is -0.397 e.